The highest BCUT2D eigenvalue weighted by Gasteiger charge is 2.33. The van der Waals surface area contributed by atoms with Gasteiger partial charge in [-0.05, 0) is 27.8 Å². The fourth-order valence-electron chi connectivity index (χ4n) is 0.961. The normalized spacial score (nSPS) is 18.6. The SMILES string of the molecule is CCOC(=O)C(C)(CSC(C)C(C)O)NC. The van der Waals surface area contributed by atoms with Gasteiger partial charge in [0.15, 0.2) is 0 Å². The number of nitrogens with one attached hydrogen (secondary N) is 1. The smallest absolute Gasteiger partial charge is 0.326 e. The van der Waals surface area contributed by atoms with Crippen molar-refractivity contribution in [2.45, 2.75) is 44.6 Å². The van der Waals surface area contributed by atoms with Crippen molar-refractivity contribution in [2.75, 3.05) is 19.4 Å². The molecule has 0 bridgehead atoms. The lowest BCUT2D eigenvalue weighted by molar-refractivity contribution is -0.149. The third-order valence-corrected chi connectivity index (χ3v) is 4.26. The fraction of sp³-hybridized carbons (Fsp3) is 0.909. The second-order valence-electron chi connectivity index (χ2n) is 4.06. The first-order valence-corrected chi connectivity index (χ1v) is 6.58. The maximum absolute atomic E-state index is 11.7. The van der Waals surface area contributed by atoms with Crippen molar-refractivity contribution in [3.63, 3.8) is 0 Å². The number of likely N-dealkylation sites (N-methyl/N-ethyl adjacent to an activating group) is 1. The zero-order valence-electron chi connectivity index (χ0n) is 10.7. The summed E-state index contributed by atoms with van der Waals surface area (Å²) in [5, 5.41) is 12.5. The molecule has 0 aromatic heterocycles. The number of thioether (sulfide) groups is 1. The van der Waals surface area contributed by atoms with Gasteiger partial charge in [0.1, 0.15) is 5.54 Å². The van der Waals surface area contributed by atoms with Crippen LogP contribution in [0.2, 0.25) is 0 Å². The Balaban J connectivity index is 4.31. The Morgan fingerprint density at radius 1 is 1.56 bits per heavy atom. The summed E-state index contributed by atoms with van der Waals surface area (Å²) < 4.78 is 5.01. The summed E-state index contributed by atoms with van der Waals surface area (Å²) in [6, 6.07) is 0. The molecule has 0 aliphatic rings. The van der Waals surface area contributed by atoms with E-state index in [1.165, 1.54) is 0 Å². The molecule has 0 rings (SSSR count). The Morgan fingerprint density at radius 2 is 2.12 bits per heavy atom. The van der Waals surface area contributed by atoms with Crippen LogP contribution in [0.4, 0.5) is 0 Å². The summed E-state index contributed by atoms with van der Waals surface area (Å²) in [6.07, 6.45) is -0.381. The first-order valence-electron chi connectivity index (χ1n) is 5.53. The average Bonchev–Trinajstić information content (AvgIpc) is 2.25. The van der Waals surface area contributed by atoms with Gasteiger partial charge in [0.25, 0.3) is 0 Å². The maximum Gasteiger partial charge on any atom is 0.326 e. The van der Waals surface area contributed by atoms with Crippen LogP contribution in [-0.2, 0) is 9.53 Å². The Labute approximate surface area is 102 Å². The van der Waals surface area contributed by atoms with Gasteiger partial charge in [0, 0.05) is 11.0 Å². The van der Waals surface area contributed by atoms with Crippen LogP contribution in [0.15, 0.2) is 0 Å². The standard InChI is InChI=1S/C11H23NO3S/c1-6-15-10(14)11(4,12-5)7-16-9(3)8(2)13/h8-9,12-13H,6-7H2,1-5H3. The van der Waals surface area contributed by atoms with E-state index < -0.39 is 5.54 Å². The van der Waals surface area contributed by atoms with Crippen molar-refractivity contribution in [1.82, 2.24) is 5.32 Å². The van der Waals surface area contributed by atoms with Crippen LogP contribution in [-0.4, -0.2) is 47.4 Å². The second kappa shape index (κ2) is 7.14. The van der Waals surface area contributed by atoms with E-state index in [0.717, 1.165) is 0 Å². The van der Waals surface area contributed by atoms with Crippen LogP contribution in [0.3, 0.4) is 0 Å². The van der Waals surface area contributed by atoms with Crippen molar-refractivity contribution >= 4 is 17.7 Å². The second-order valence-corrected chi connectivity index (χ2v) is 5.42. The first-order chi connectivity index (χ1) is 7.37. The van der Waals surface area contributed by atoms with E-state index in [0.29, 0.717) is 12.4 Å². The molecule has 0 saturated heterocycles. The molecule has 0 heterocycles. The monoisotopic (exact) mass is 249 g/mol. The van der Waals surface area contributed by atoms with Gasteiger partial charge in [0.2, 0.25) is 0 Å². The third kappa shape index (κ3) is 4.72. The van der Waals surface area contributed by atoms with Gasteiger partial charge in [0.05, 0.1) is 12.7 Å². The van der Waals surface area contributed by atoms with E-state index in [1.54, 1.807) is 32.7 Å². The molecule has 0 aliphatic carbocycles. The Kier molecular flexibility index (Phi) is 7.03. The van der Waals surface area contributed by atoms with Gasteiger partial charge < -0.3 is 15.2 Å². The number of esters is 1. The van der Waals surface area contributed by atoms with Crippen LogP contribution in [0, 0.1) is 0 Å². The van der Waals surface area contributed by atoms with E-state index >= 15 is 0 Å². The Morgan fingerprint density at radius 3 is 2.50 bits per heavy atom. The highest BCUT2D eigenvalue weighted by atomic mass is 32.2. The van der Waals surface area contributed by atoms with Crippen molar-refractivity contribution < 1.29 is 14.6 Å². The number of hydrogen-bond acceptors (Lipinski definition) is 5. The van der Waals surface area contributed by atoms with Crippen LogP contribution in [0.25, 0.3) is 0 Å². The molecule has 3 unspecified atom stereocenters. The van der Waals surface area contributed by atoms with Gasteiger partial charge in [-0.3, -0.25) is 4.79 Å². The third-order valence-electron chi connectivity index (χ3n) is 2.59. The topological polar surface area (TPSA) is 58.6 Å². The molecule has 0 amide bonds. The first kappa shape index (κ1) is 15.7. The molecule has 0 spiro atoms. The van der Waals surface area contributed by atoms with Crippen molar-refractivity contribution in [2.24, 2.45) is 0 Å². The molecular formula is C11H23NO3S. The van der Waals surface area contributed by atoms with Crippen LogP contribution < -0.4 is 5.32 Å². The molecule has 0 aromatic rings. The molecule has 16 heavy (non-hydrogen) atoms. The molecule has 0 fully saturated rings. The fourth-order valence-corrected chi connectivity index (χ4v) is 2.10. The number of rotatable bonds is 7. The number of carbonyl (C=O) groups excluding carboxylic acids is 1. The van der Waals surface area contributed by atoms with Crippen molar-refractivity contribution in [1.29, 1.82) is 0 Å². The summed E-state index contributed by atoms with van der Waals surface area (Å²) in [4.78, 5) is 11.7. The molecular weight excluding hydrogens is 226 g/mol. The van der Waals surface area contributed by atoms with Gasteiger partial charge in [-0.2, -0.15) is 11.8 Å². The predicted molar refractivity (Wildman–Crippen MR) is 67.7 cm³/mol. The van der Waals surface area contributed by atoms with Gasteiger partial charge in [-0.15, -0.1) is 0 Å². The van der Waals surface area contributed by atoms with Crippen LogP contribution in [0.5, 0.6) is 0 Å². The summed E-state index contributed by atoms with van der Waals surface area (Å²) in [7, 11) is 1.74. The number of aliphatic hydroxyl groups excluding tert-OH is 1. The van der Waals surface area contributed by atoms with E-state index in [-0.39, 0.29) is 17.3 Å². The lowest BCUT2D eigenvalue weighted by Gasteiger charge is -2.28. The molecule has 4 nitrogen and oxygen atoms in total. The van der Waals surface area contributed by atoms with E-state index in [2.05, 4.69) is 5.32 Å². The summed E-state index contributed by atoms with van der Waals surface area (Å²) >= 11 is 1.56. The number of ether oxygens (including phenoxy) is 1. The lowest BCUT2D eigenvalue weighted by atomic mass is 10.1. The Hall–Kier alpha value is -0.260. The zero-order valence-corrected chi connectivity index (χ0v) is 11.6. The number of carbonyl (C=O) groups is 1. The molecule has 5 heteroatoms. The molecule has 0 radical (unpaired) electrons. The van der Waals surface area contributed by atoms with Gasteiger partial charge >= 0.3 is 5.97 Å². The molecule has 0 aromatic carbocycles. The molecule has 2 N–H and O–H groups in total. The maximum atomic E-state index is 11.7. The van der Waals surface area contributed by atoms with Crippen LogP contribution in [0.1, 0.15) is 27.7 Å². The number of hydrogen-bond donors (Lipinski definition) is 2. The van der Waals surface area contributed by atoms with E-state index in [9.17, 15) is 9.90 Å². The van der Waals surface area contributed by atoms with Crippen LogP contribution >= 0.6 is 11.8 Å². The molecule has 0 aliphatic heterocycles. The molecule has 3 atom stereocenters. The Bertz CT molecular complexity index is 223. The minimum Gasteiger partial charge on any atom is -0.465 e. The minimum absolute atomic E-state index is 0.0992. The zero-order chi connectivity index (χ0) is 12.8. The van der Waals surface area contributed by atoms with E-state index in [4.69, 9.17) is 4.74 Å². The van der Waals surface area contributed by atoms with Gasteiger partial charge in [-0.1, -0.05) is 6.92 Å². The largest absolute Gasteiger partial charge is 0.465 e. The molecule has 0 saturated carbocycles. The quantitative estimate of drug-likeness (QED) is 0.660. The predicted octanol–water partition coefficient (Wildman–Crippen LogP) is 1.03. The summed E-state index contributed by atoms with van der Waals surface area (Å²) in [5.41, 5.74) is -0.691. The van der Waals surface area contributed by atoms with Crippen molar-refractivity contribution in [3.8, 4) is 0 Å². The summed E-state index contributed by atoms with van der Waals surface area (Å²) in [6.45, 7) is 7.67. The number of aliphatic hydroxyl groups is 1. The van der Waals surface area contributed by atoms with E-state index in [1.807, 2.05) is 13.8 Å². The average molecular weight is 249 g/mol. The lowest BCUT2D eigenvalue weighted by Crippen LogP contribution is -2.51. The summed E-state index contributed by atoms with van der Waals surface area (Å²) in [5.74, 6) is 0.330. The molecule has 96 valence electrons. The highest BCUT2D eigenvalue weighted by molar-refractivity contribution is 8.00. The van der Waals surface area contributed by atoms with Crippen molar-refractivity contribution in [3.05, 3.63) is 0 Å². The highest BCUT2D eigenvalue weighted by Crippen LogP contribution is 2.21. The minimum atomic E-state index is -0.691. The van der Waals surface area contributed by atoms with Gasteiger partial charge in [-0.25, -0.2) is 0 Å².